The van der Waals surface area contributed by atoms with E-state index in [1.54, 1.807) is 19.9 Å². The molecule has 0 radical (unpaired) electrons. The van der Waals surface area contributed by atoms with Crippen LogP contribution in [0.25, 0.3) is 0 Å². The Balaban J connectivity index is 2.22. The van der Waals surface area contributed by atoms with Gasteiger partial charge in [0.2, 0.25) is 15.9 Å². The van der Waals surface area contributed by atoms with E-state index in [1.807, 2.05) is 25.7 Å². The number of amides is 1. The Hall–Kier alpha value is -1.68. The largest absolute Gasteiger partial charge is 0.492 e. The molecule has 8 nitrogen and oxygen atoms in total. The Kier molecular flexibility index (Phi) is 8.45. The smallest absolute Gasteiger partial charge is 0.243 e. The molecule has 9 heteroatoms. The van der Waals surface area contributed by atoms with Gasteiger partial charge in [0.25, 0.3) is 0 Å². The topological polar surface area (TPSA) is 88.2 Å². The lowest BCUT2D eigenvalue weighted by Gasteiger charge is -2.34. The van der Waals surface area contributed by atoms with Crippen LogP contribution in [0.2, 0.25) is 0 Å². The molecule has 0 aliphatic carbocycles. The van der Waals surface area contributed by atoms with Crippen LogP contribution in [-0.4, -0.2) is 75.1 Å². The quantitative estimate of drug-likeness (QED) is 0.650. The molecule has 1 amide bonds. The predicted molar refractivity (Wildman–Crippen MR) is 113 cm³/mol. The van der Waals surface area contributed by atoms with E-state index in [0.717, 1.165) is 0 Å². The third kappa shape index (κ3) is 6.15. The van der Waals surface area contributed by atoms with E-state index in [0.29, 0.717) is 44.2 Å². The predicted octanol–water partition coefficient (Wildman–Crippen LogP) is 2.16. The third-order valence-corrected chi connectivity index (χ3v) is 6.78. The molecule has 1 saturated heterocycles. The molecule has 1 fully saturated rings. The first-order valence-electron chi connectivity index (χ1n) is 10.2. The van der Waals surface area contributed by atoms with Gasteiger partial charge in [-0.2, -0.15) is 4.31 Å². The Morgan fingerprint density at radius 3 is 2.38 bits per heavy atom. The molecule has 0 saturated carbocycles. The first kappa shape index (κ1) is 23.6. The van der Waals surface area contributed by atoms with Crippen LogP contribution in [0.15, 0.2) is 23.1 Å². The summed E-state index contributed by atoms with van der Waals surface area (Å²) in [6.45, 7) is 12.1. The fraction of sp³-hybridized carbons (Fsp3) is 0.650. The number of anilines is 1. The van der Waals surface area contributed by atoms with Crippen molar-refractivity contribution in [2.45, 2.75) is 51.7 Å². The van der Waals surface area contributed by atoms with Gasteiger partial charge in [-0.1, -0.05) is 13.8 Å². The molecular weight excluding hydrogens is 394 g/mol. The number of nitrogens with one attached hydrogen (secondary N) is 1. The lowest BCUT2D eigenvalue weighted by atomic mass is 10.2. The molecule has 2 atom stereocenters. The summed E-state index contributed by atoms with van der Waals surface area (Å²) in [6.07, 6.45) is 0.126. The van der Waals surface area contributed by atoms with E-state index in [1.165, 1.54) is 16.4 Å². The maximum atomic E-state index is 12.8. The van der Waals surface area contributed by atoms with E-state index in [4.69, 9.17) is 9.47 Å². The maximum Gasteiger partial charge on any atom is 0.243 e. The van der Waals surface area contributed by atoms with Crippen LogP contribution in [0.1, 0.15) is 34.6 Å². The van der Waals surface area contributed by atoms with Crippen LogP contribution in [0.4, 0.5) is 5.69 Å². The molecule has 1 aliphatic heterocycles. The van der Waals surface area contributed by atoms with Crippen molar-refractivity contribution in [3.05, 3.63) is 18.2 Å². The monoisotopic (exact) mass is 427 g/mol. The summed E-state index contributed by atoms with van der Waals surface area (Å²) >= 11 is 0. The van der Waals surface area contributed by atoms with Crippen LogP contribution in [0, 0.1) is 0 Å². The molecule has 0 spiro atoms. The lowest BCUT2D eigenvalue weighted by molar-refractivity contribution is -0.121. The molecule has 0 aromatic heterocycles. The van der Waals surface area contributed by atoms with E-state index in [9.17, 15) is 13.2 Å². The molecule has 1 aromatic carbocycles. The summed E-state index contributed by atoms with van der Waals surface area (Å²) in [7, 11) is -3.63. The van der Waals surface area contributed by atoms with Crippen molar-refractivity contribution >= 4 is 21.6 Å². The summed E-state index contributed by atoms with van der Waals surface area (Å²) in [5.41, 5.74) is 0.361. The number of nitrogens with zero attached hydrogens (tertiary/aromatic N) is 2. The van der Waals surface area contributed by atoms with E-state index >= 15 is 0 Å². The van der Waals surface area contributed by atoms with Gasteiger partial charge in [0, 0.05) is 26.2 Å². The summed E-state index contributed by atoms with van der Waals surface area (Å²) in [5, 5.41) is 2.83. The van der Waals surface area contributed by atoms with E-state index < -0.39 is 10.0 Å². The van der Waals surface area contributed by atoms with E-state index in [2.05, 4.69) is 5.32 Å². The fourth-order valence-electron chi connectivity index (χ4n) is 3.57. The molecule has 1 aliphatic rings. The number of benzene rings is 1. The van der Waals surface area contributed by atoms with E-state index in [-0.39, 0.29) is 29.6 Å². The van der Waals surface area contributed by atoms with Crippen molar-refractivity contribution in [2.24, 2.45) is 0 Å². The highest BCUT2D eigenvalue weighted by Crippen LogP contribution is 2.29. The second-order valence-corrected chi connectivity index (χ2v) is 9.12. The minimum Gasteiger partial charge on any atom is -0.492 e. The second kappa shape index (κ2) is 10.4. The van der Waals surface area contributed by atoms with Crippen molar-refractivity contribution in [3.8, 4) is 5.75 Å². The maximum absolute atomic E-state index is 12.8. The zero-order valence-corrected chi connectivity index (χ0v) is 18.8. The van der Waals surface area contributed by atoms with Gasteiger partial charge in [0.1, 0.15) is 5.75 Å². The van der Waals surface area contributed by atoms with Gasteiger partial charge in [-0.25, -0.2) is 8.42 Å². The van der Waals surface area contributed by atoms with Crippen molar-refractivity contribution in [2.75, 3.05) is 44.6 Å². The standard InChI is InChI=1S/C20H33N3O5S/c1-6-23(7-2)29(25,26)17-9-10-19(27-8-3)18(11-17)21-20(24)14-22-12-15(4)28-16(5)13-22/h9-11,15-16H,6-8,12-14H2,1-5H3,(H,21,24)/t15-,16-/m0/s1. The van der Waals surface area contributed by atoms with Crippen LogP contribution in [-0.2, 0) is 19.6 Å². The molecular formula is C20H33N3O5S. The number of carbonyl (C=O) groups excluding carboxylic acids is 1. The summed E-state index contributed by atoms with van der Waals surface area (Å²) < 4.78 is 38.3. The molecule has 1 heterocycles. The molecule has 2 rings (SSSR count). The van der Waals surface area contributed by atoms with Gasteiger partial charge in [-0.3, -0.25) is 9.69 Å². The van der Waals surface area contributed by atoms with Gasteiger partial charge in [0.15, 0.2) is 0 Å². The van der Waals surface area contributed by atoms with Crippen LogP contribution in [0.5, 0.6) is 5.75 Å². The van der Waals surface area contributed by atoms with Gasteiger partial charge in [0.05, 0.1) is 35.9 Å². The molecule has 0 bridgehead atoms. The lowest BCUT2D eigenvalue weighted by Crippen LogP contribution is -2.48. The number of carbonyl (C=O) groups is 1. The Bertz CT molecular complexity index is 785. The van der Waals surface area contributed by atoms with Crippen LogP contribution < -0.4 is 10.1 Å². The average Bonchev–Trinajstić information content (AvgIpc) is 2.63. The number of rotatable bonds is 9. The molecule has 1 aromatic rings. The van der Waals surface area contributed by atoms with Crippen LogP contribution in [0.3, 0.4) is 0 Å². The van der Waals surface area contributed by atoms with Crippen molar-refractivity contribution in [3.63, 3.8) is 0 Å². The first-order valence-corrected chi connectivity index (χ1v) is 11.6. The van der Waals surface area contributed by atoms with Crippen molar-refractivity contribution in [1.29, 1.82) is 0 Å². The number of morpholine rings is 1. The second-order valence-electron chi connectivity index (χ2n) is 7.18. The SMILES string of the molecule is CCOc1ccc(S(=O)(=O)N(CC)CC)cc1NC(=O)CN1C[C@H](C)O[C@@H](C)C1. The molecule has 0 unspecified atom stereocenters. The Morgan fingerprint density at radius 2 is 1.83 bits per heavy atom. The van der Waals surface area contributed by atoms with Crippen molar-refractivity contribution in [1.82, 2.24) is 9.21 Å². The average molecular weight is 428 g/mol. The van der Waals surface area contributed by atoms with Crippen molar-refractivity contribution < 1.29 is 22.7 Å². The summed E-state index contributed by atoms with van der Waals surface area (Å²) in [5.74, 6) is 0.229. The number of ether oxygens (including phenoxy) is 2. The Morgan fingerprint density at radius 1 is 1.21 bits per heavy atom. The summed E-state index contributed by atoms with van der Waals surface area (Å²) in [6, 6.07) is 4.58. The third-order valence-electron chi connectivity index (χ3n) is 4.73. The first-order chi connectivity index (χ1) is 13.7. The van der Waals surface area contributed by atoms with Gasteiger partial charge in [-0.05, 0) is 39.0 Å². The minimum absolute atomic E-state index is 0.0630. The highest BCUT2D eigenvalue weighted by molar-refractivity contribution is 7.89. The zero-order chi connectivity index (χ0) is 21.6. The number of sulfonamides is 1. The minimum atomic E-state index is -3.63. The van der Waals surface area contributed by atoms with Gasteiger partial charge < -0.3 is 14.8 Å². The van der Waals surface area contributed by atoms with Gasteiger partial charge in [-0.15, -0.1) is 0 Å². The Labute approximate surface area is 174 Å². The molecule has 1 N–H and O–H groups in total. The normalized spacial score (nSPS) is 20.6. The highest BCUT2D eigenvalue weighted by Gasteiger charge is 2.26. The number of hydrogen-bond acceptors (Lipinski definition) is 6. The highest BCUT2D eigenvalue weighted by atomic mass is 32.2. The fourth-order valence-corrected chi connectivity index (χ4v) is 5.05. The van der Waals surface area contributed by atoms with Gasteiger partial charge >= 0.3 is 0 Å². The van der Waals surface area contributed by atoms with Crippen LogP contribution >= 0.6 is 0 Å². The number of hydrogen-bond donors (Lipinski definition) is 1. The molecule has 164 valence electrons. The summed E-state index contributed by atoms with van der Waals surface area (Å²) in [4.78, 5) is 14.8. The zero-order valence-electron chi connectivity index (χ0n) is 18.0. The molecule has 29 heavy (non-hydrogen) atoms.